The summed E-state index contributed by atoms with van der Waals surface area (Å²) >= 11 is 0. The first-order valence-electron chi connectivity index (χ1n) is 6.98. The van der Waals surface area contributed by atoms with Crippen molar-refractivity contribution in [2.75, 3.05) is 27.9 Å². The van der Waals surface area contributed by atoms with E-state index in [1.54, 1.807) is 27.4 Å². The SMILES string of the molecule is CCCCNC(N)=NCc1cc(OC)c(OC)cc1OC.I. The zero-order valence-corrected chi connectivity index (χ0v) is 16.0. The minimum absolute atomic E-state index is 0. The van der Waals surface area contributed by atoms with Crippen molar-refractivity contribution in [2.24, 2.45) is 10.7 Å². The van der Waals surface area contributed by atoms with Crippen LogP contribution in [0.15, 0.2) is 17.1 Å². The molecule has 1 aromatic carbocycles. The van der Waals surface area contributed by atoms with E-state index >= 15 is 0 Å². The van der Waals surface area contributed by atoms with Gasteiger partial charge in [0.15, 0.2) is 17.5 Å². The summed E-state index contributed by atoms with van der Waals surface area (Å²) in [4.78, 5) is 4.31. The Kier molecular flexibility index (Phi) is 10.5. The summed E-state index contributed by atoms with van der Waals surface area (Å²) in [5, 5.41) is 3.07. The standard InChI is InChI=1S/C15H25N3O3.HI/c1-5-6-7-17-15(16)18-10-11-8-13(20-3)14(21-4)9-12(11)19-2;/h8-9H,5-7,10H2,1-4H3,(H3,16,17,18);1H. The van der Waals surface area contributed by atoms with Crippen LogP contribution < -0.4 is 25.3 Å². The van der Waals surface area contributed by atoms with Crippen molar-refractivity contribution in [3.8, 4) is 17.2 Å². The highest BCUT2D eigenvalue weighted by molar-refractivity contribution is 14.0. The molecular weight excluding hydrogens is 397 g/mol. The molecular formula is C15H26IN3O3. The van der Waals surface area contributed by atoms with E-state index in [1.165, 1.54) is 0 Å². The van der Waals surface area contributed by atoms with E-state index < -0.39 is 0 Å². The lowest BCUT2D eigenvalue weighted by atomic mass is 10.1. The zero-order chi connectivity index (χ0) is 15.7. The number of halogens is 1. The van der Waals surface area contributed by atoms with Gasteiger partial charge in [-0.2, -0.15) is 0 Å². The average molecular weight is 423 g/mol. The number of hydrogen-bond donors (Lipinski definition) is 2. The molecule has 0 atom stereocenters. The maximum atomic E-state index is 5.82. The number of nitrogens with two attached hydrogens (primary N) is 1. The monoisotopic (exact) mass is 423 g/mol. The Morgan fingerprint density at radius 1 is 1.09 bits per heavy atom. The largest absolute Gasteiger partial charge is 0.496 e. The van der Waals surface area contributed by atoms with Crippen molar-refractivity contribution < 1.29 is 14.2 Å². The molecule has 7 heteroatoms. The Bertz CT molecular complexity index is 481. The highest BCUT2D eigenvalue weighted by atomic mass is 127. The minimum atomic E-state index is 0. The van der Waals surface area contributed by atoms with Gasteiger partial charge in [0.2, 0.25) is 0 Å². The predicted molar refractivity (Wildman–Crippen MR) is 99.8 cm³/mol. The van der Waals surface area contributed by atoms with Gasteiger partial charge < -0.3 is 25.3 Å². The van der Waals surface area contributed by atoms with Crippen molar-refractivity contribution in [2.45, 2.75) is 26.3 Å². The van der Waals surface area contributed by atoms with Gasteiger partial charge in [-0.3, -0.25) is 0 Å². The van der Waals surface area contributed by atoms with Crippen LogP contribution in [0.5, 0.6) is 17.2 Å². The van der Waals surface area contributed by atoms with Gasteiger partial charge in [0, 0.05) is 18.2 Å². The van der Waals surface area contributed by atoms with E-state index in [2.05, 4.69) is 17.2 Å². The molecule has 0 aliphatic rings. The summed E-state index contributed by atoms with van der Waals surface area (Å²) in [6, 6.07) is 3.63. The number of methoxy groups -OCH3 is 3. The molecule has 6 nitrogen and oxygen atoms in total. The van der Waals surface area contributed by atoms with Crippen LogP contribution in [0.4, 0.5) is 0 Å². The molecule has 0 aromatic heterocycles. The van der Waals surface area contributed by atoms with E-state index in [4.69, 9.17) is 19.9 Å². The first-order valence-corrected chi connectivity index (χ1v) is 6.98. The molecule has 0 unspecified atom stereocenters. The van der Waals surface area contributed by atoms with Crippen LogP contribution in [0.1, 0.15) is 25.3 Å². The summed E-state index contributed by atoms with van der Waals surface area (Å²) in [6.45, 7) is 3.37. The van der Waals surface area contributed by atoms with Gasteiger partial charge in [0.05, 0.1) is 27.9 Å². The molecule has 0 amide bonds. The van der Waals surface area contributed by atoms with Gasteiger partial charge >= 0.3 is 0 Å². The number of nitrogens with zero attached hydrogens (tertiary/aromatic N) is 1. The van der Waals surface area contributed by atoms with Crippen molar-refractivity contribution in [1.82, 2.24) is 5.32 Å². The molecule has 0 fully saturated rings. The van der Waals surface area contributed by atoms with E-state index in [0.717, 1.165) is 24.9 Å². The third kappa shape index (κ3) is 6.17. The zero-order valence-electron chi connectivity index (χ0n) is 13.6. The first kappa shape index (κ1) is 20.6. The third-order valence-corrected chi connectivity index (χ3v) is 3.04. The van der Waals surface area contributed by atoms with Gasteiger partial charge in [-0.15, -0.1) is 24.0 Å². The number of ether oxygens (including phenoxy) is 3. The summed E-state index contributed by atoms with van der Waals surface area (Å²) < 4.78 is 15.9. The van der Waals surface area contributed by atoms with Crippen LogP contribution in [0.25, 0.3) is 0 Å². The molecule has 3 N–H and O–H groups in total. The molecule has 0 radical (unpaired) electrons. The Hall–Kier alpha value is -1.38. The van der Waals surface area contributed by atoms with Crippen LogP contribution in [0, 0.1) is 0 Å². The number of benzene rings is 1. The first-order chi connectivity index (χ1) is 10.2. The molecule has 0 spiro atoms. The number of unbranched alkanes of at least 4 members (excludes halogenated alkanes) is 1. The van der Waals surface area contributed by atoms with Gasteiger partial charge in [-0.1, -0.05) is 13.3 Å². The Balaban J connectivity index is 0.00000441. The highest BCUT2D eigenvalue weighted by Crippen LogP contribution is 2.34. The molecule has 1 aromatic rings. The van der Waals surface area contributed by atoms with E-state index in [-0.39, 0.29) is 24.0 Å². The molecule has 126 valence electrons. The second-order valence-corrected chi connectivity index (χ2v) is 4.50. The lowest BCUT2D eigenvalue weighted by Crippen LogP contribution is -2.32. The average Bonchev–Trinajstić information content (AvgIpc) is 2.52. The smallest absolute Gasteiger partial charge is 0.188 e. The Morgan fingerprint density at radius 3 is 2.23 bits per heavy atom. The Labute approximate surface area is 149 Å². The molecule has 0 saturated heterocycles. The third-order valence-electron chi connectivity index (χ3n) is 3.04. The maximum absolute atomic E-state index is 5.82. The molecule has 0 saturated carbocycles. The number of nitrogens with one attached hydrogen (secondary N) is 1. The van der Waals surface area contributed by atoms with Crippen LogP contribution in [-0.4, -0.2) is 33.8 Å². The molecule has 0 bridgehead atoms. The quantitative estimate of drug-likeness (QED) is 0.291. The summed E-state index contributed by atoms with van der Waals surface area (Å²) in [7, 11) is 4.79. The van der Waals surface area contributed by atoms with Crippen LogP contribution in [0.3, 0.4) is 0 Å². The predicted octanol–water partition coefficient (Wildman–Crippen LogP) is 2.53. The normalized spacial score (nSPS) is 10.6. The fourth-order valence-electron chi connectivity index (χ4n) is 1.84. The number of rotatable bonds is 8. The molecule has 1 rings (SSSR count). The molecule has 0 heterocycles. The van der Waals surface area contributed by atoms with Gasteiger partial charge in [0.25, 0.3) is 0 Å². The fourth-order valence-corrected chi connectivity index (χ4v) is 1.84. The van der Waals surface area contributed by atoms with Crippen LogP contribution in [0.2, 0.25) is 0 Å². The molecule has 0 aliphatic carbocycles. The minimum Gasteiger partial charge on any atom is -0.496 e. The van der Waals surface area contributed by atoms with E-state index in [9.17, 15) is 0 Å². The lowest BCUT2D eigenvalue weighted by molar-refractivity contribution is 0.347. The van der Waals surface area contributed by atoms with Crippen molar-refractivity contribution in [3.05, 3.63) is 17.7 Å². The Morgan fingerprint density at radius 2 is 1.68 bits per heavy atom. The van der Waals surface area contributed by atoms with Crippen molar-refractivity contribution in [1.29, 1.82) is 0 Å². The number of hydrogen-bond acceptors (Lipinski definition) is 4. The fraction of sp³-hybridized carbons (Fsp3) is 0.533. The van der Waals surface area contributed by atoms with Gasteiger partial charge in [0.1, 0.15) is 5.75 Å². The van der Waals surface area contributed by atoms with Crippen molar-refractivity contribution >= 4 is 29.9 Å². The number of guanidine groups is 1. The maximum Gasteiger partial charge on any atom is 0.188 e. The second kappa shape index (κ2) is 11.2. The summed E-state index contributed by atoms with van der Waals surface area (Å²) in [6.07, 6.45) is 2.18. The number of aliphatic imine (C=N–C) groups is 1. The summed E-state index contributed by atoms with van der Waals surface area (Å²) in [5.41, 5.74) is 6.71. The van der Waals surface area contributed by atoms with Gasteiger partial charge in [-0.25, -0.2) is 4.99 Å². The topological polar surface area (TPSA) is 78.1 Å². The van der Waals surface area contributed by atoms with E-state index in [0.29, 0.717) is 29.8 Å². The highest BCUT2D eigenvalue weighted by Gasteiger charge is 2.11. The molecule has 0 aliphatic heterocycles. The van der Waals surface area contributed by atoms with Crippen LogP contribution >= 0.6 is 24.0 Å². The molecule has 22 heavy (non-hydrogen) atoms. The van der Waals surface area contributed by atoms with E-state index in [1.807, 2.05) is 6.07 Å². The lowest BCUT2D eigenvalue weighted by Gasteiger charge is -2.13. The second-order valence-electron chi connectivity index (χ2n) is 4.50. The van der Waals surface area contributed by atoms with Crippen molar-refractivity contribution in [3.63, 3.8) is 0 Å². The van der Waals surface area contributed by atoms with Gasteiger partial charge in [-0.05, 0) is 12.5 Å². The van der Waals surface area contributed by atoms with Crippen LogP contribution in [-0.2, 0) is 6.54 Å². The summed E-state index contributed by atoms with van der Waals surface area (Å²) in [5.74, 6) is 2.38.